The van der Waals surface area contributed by atoms with Crippen LogP contribution >= 0.6 is 0 Å². The summed E-state index contributed by atoms with van der Waals surface area (Å²) in [5.41, 5.74) is 0. The molecule has 1 saturated carbocycles. The summed E-state index contributed by atoms with van der Waals surface area (Å²) in [5.74, 6) is -0.166. The van der Waals surface area contributed by atoms with E-state index < -0.39 is 5.97 Å². The molecular weight excluding hydrogens is 220 g/mol. The van der Waals surface area contributed by atoms with E-state index >= 15 is 0 Å². The zero-order chi connectivity index (χ0) is 12.3. The molecule has 1 saturated heterocycles. The van der Waals surface area contributed by atoms with Gasteiger partial charge in [-0.3, -0.25) is 4.79 Å². The van der Waals surface area contributed by atoms with E-state index in [-0.39, 0.29) is 18.6 Å². The summed E-state index contributed by atoms with van der Waals surface area (Å²) in [4.78, 5) is 13.4. The number of nitrogens with one attached hydrogen (secondary N) is 1. The second-order valence-electron chi connectivity index (χ2n) is 5.31. The molecule has 3 N–H and O–H groups in total. The number of aliphatic carboxylic acids is 1. The van der Waals surface area contributed by atoms with E-state index in [1.165, 1.54) is 12.8 Å². The van der Waals surface area contributed by atoms with Gasteiger partial charge in [0, 0.05) is 32.2 Å². The van der Waals surface area contributed by atoms with Gasteiger partial charge in [-0.15, -0.1) is 0 Å². The molecule has 5 nitrogen and oxygen atoms in total. The number of piperidine rings is 1. The maximum absolute atomic E-state index is 11.1. The lowest BCUT2D eigenvalue weighted by Gasteiger charge is -2.36. The van der Waals surface area contributed by atoms with Gasteiger partial charge in [0.2, 0.25) is 0 Å². The van der Waals surface area contributed by atoms with Crippen LogP contribution in [-0.4, -0.2) is 59.9 Å². The van der Waals surface area contributed by atoms with Gasteiger partial charge in [0.05, 0.1) is 12.5 Å². The fraction of sp³-hybridized carbons (Fsp3) is 0.917. The molecule has 0 radical (unpaired) electrons. The number of carbonyl (C=O) groups is 1. The molecule has 0 amide bonds. The quantitative estimate of drug-likeness (QED) is 0.599. The average molecular weight is 242 g/mol. The zero-order valence-corrected chi connectivity index (χ0v) is 10.1. The van der Waals surface area contributed by atoms with E-state index in [1.54, 1.807) is 0 Å². The highest BCUT2D eigenvalue weighted by Gasteiger charge is 2.34. The third-order valence-corrected chi connectivity index (χ3v) is 3.63. The molecule has 98 valence electrons. The number of hydrogen-bond donors (Lipinski definition) is 3. The lowest BCUT2D eigenvalue weighted by atomic mass is 9.94. The van der Waals surface area contributed by atoms with E-state index in [9.17, 15) is 4.79 Å². The Hall–Kier alpha value is -0.650. The molecule has 0 aromatic carbocycles. The molecule has 5 heteroatoms. The molecule has 0 aromatic rings. The van der Waals surface area contributed by atoms with Crippen LogP contribution in [0.1, 0.15) is 19.3 Å². The highest BCUT2D eigenvalue weighted by atomic mass is 16.4. The Kier molecular flexibility index (Phi) is 4.36. The molecule has 2 atom stereocenters. The summed E-state index contributed by atoms with van der Waals surface area (Å²) >= 11 is 0. The lowest BCUT2D eigenvalue weighted by Crippen LogP contribution is -2.51. The normalized spacial score (nSPS) is 30.4. The monoisotopic (exact) mass is 242 g/mol. The summed E-state index contributed by atoms with van der Waals surface area (Å²) in [6.45, 7) is 3.30. The van der Waals surface area contributed by atoms with Crippen molar-refractivity contribution in [3.05, 3.63) is 0 Å². The van der Waals surface area contributed by atoms with Gasteiger partial charge in [0.25, 0.3) is 0 Å². The van der Waals surface area contributed by atoms with Crippen LogP contribution in [0.5, 0.6) is 0 Å². The molecule has 1 aliphatic carbocycles. The van der Waals surface area contributed by atoms with Crippen molar-refractivity contribution in [3.63, 3.8) is 0 Å². The van der Waals surface area contributed by atoms with Crippen LogP contribution in [0, 0.1) is 11.8 Å². The van der Waals surface area contributed by atoms with Crippen LogP contribution in [0.15, 0.2) is 0 Å². The van der Waals surface area contributed by atoms with Gasteiger partial charge in [-0.2, -0.15) is 0 Å². The van der Waals surface area contributed by atoms with Gasteiger partial charge < -0.3 is 20.4 Å². The fourth-order valence-corrected chi connectivity index (χ4v) is 2.60. The molecule has 1 aliphatic heterocycles. The van der Waals surface area contributed by atoms with Crippen molar-refractivity contribution in [2.24, 2.45) is 11.8 Å². The van der Waals surface area contributed by atoms with Crippen molar-refractivity contribution in [2.75, 3.05) is 32.8 Å². The first-order valence-corrected chi connectivity index (χ1v) is 6.48. The highest BCUT2D eigenvalue weighted by Crippen LogP contribution is 2.31. The van der Waals surface area contributed by atoms with Crippen molar-refractivity contribution in [1.82, 2.24) is 10.2 Å². The van der Waals surface area contributed by atoms with E-state index in [0.29, 0.717) is 19.5 Å². The van der Waals surface area contributed by atoms with Crippen LogP contribution in [0.2, 0.25) is 0 Å². The van der Waals surface area contributed by atoms with Crippen molar-refractivity contribution in [1.29, 1.82) is 0 Å². The van der Waals surface area contributed by atoms with Gasteiger partial charge in [-0.1, -0.05) is 0 Å². The van der Waals surface area contributed by atoms with Crippen molar-refractivity contribution < 1.29 is 15.0 Å². The molecule has 0 bridgehead atoms. The topological polar surface area (TPSA) is 72.8 Å². The van der Waals surface area contributed by atoms with Crippen molar-refractivity contribution >= 4 is 5.97 Å². The Labute approximate surface area is 102 Å². The Bertz CT molecular complexity index is 268. The second-order valence-corrected chi connectivity index (χ2v) is 5.31. The number of hydrogen-bond acceptors (Lipinski definition) is 4. The van der Waals surface area contributed by atoms with Gasteiger partial charge in [0.1, 0.15) is 0 Å². The van der Waals surface area contributed by atoms with Gasteiger partial charge in [0.15, 0.2) is 0 Å². The lowest BCUT2D eigenvalue weighted by molar-refractivity contribution is -0.144. The standard InChI is InChI=1S/C12H22N2O3/c15-4-3-13-11-5-10(12(16)17)7-14(8-11)6-9-1-2-9/h9-11,13,15H,1-8H2,(H,16,17). The minimum absolute atomic E-state index is 0.108. The summed E-state index contributed by atoms with van der Waals surface area (Å²) in [6, 6.07) is 0.204. The number of carboxylic acid groups (broad SMARTS) is 1. The number of aliphatic hydroxyl groups excluding tert-OH is 1. The minimum Gasteiger partial charge on any atom is -0.481 e. The zero-order valence-electron chi connectivity index (χ0n) is 10.1. The molecule has 2 fully saturated rings. The van der Waals surface area contributed by atoms with Crippen LogP contribution in [0.3, 0.4) is 0 Å². The summed E-state index contributed by atoms with van der Waals surface area (Å²) < 4.78 is 0. The summed E-state index contributed by atoms with van der Waals surface area (Å²) in [7, 11) is 0. The molecule has 17 heavy (non-hydrogen) atoms. The number of rotatable bonds is 6. The van der Waals surface area contributed by atoms with Gasteiger partial charge >= 0.3 is 5.97 Å². The SMILES string of the molecule is O=C(O)C1CC(NCCO)CN(CC2CC2)C1. The number of nitrogens with zero attached hydrogens (tertiary/aromatic N) is 1. The summed E-state index contributed by atoms with van der Waals surface area (Å²) in [6.07, 6.45) is 3.27. The van der Waals surface area contributed by atoms with Crippen LogP contribution in [-0.2, 0) is 4.79 Å². The fourth-order valence-electron chi connectivity index (χ4n) is 2.60. The molecular formula is C12H22N2O3. The second kappa shape index (κ2) is 5.80. The van der Waals surface area contributed by atoms with E-state index in [2.05, 4.69) is 10.2 Å². The number of carboxylic acids is 1. The van der Waals surface area contributed by atoms with Gasteiger partial charge in [-0.05, 0) is 25.2 Å². The van der Waals surface area contributed by atoms with E-state index in [4.69, 9.17) is 10.2 Å². The smallest absolute Gasteiger partial charge is 0.307 e. The predicted molar refractivity (Wildman–Crippen MR) is 63.8 cm³/mol. The van der Waals surface area contributed by atoms with Crippen molar-refractivity contribution in [3.8, 4) is 0 Å². The maximum Gasteiger partial charge on any atom is 0.307 e. The first-order valence-electron chi connectivity index (χ1n) is 6.48. The molecule has 0 spiro atoms. The Morgan fingerprint density at radius 2 is 2.12 bits per heavy atom. The van der Waals surface area contributed by atoms with E-state index in [0.717, 1.165) is 19.0 Å². The first-order chi connectivity index (χ1) is 8.19. The number of aliphatic hydroxyl groups is 1. The van der Waals surface area contributed by atoms with Crippen LogP contribution in [0.25, 0.3) is 0 Å². The average Bonchev–Trinajstić information content (AvgIpc) is 3.10. The van der Waals surface area contributed by atoms with Crippen LogP contribution < -0.4 is 5.32 Å². The maximum atomic E-state index is 11.1. The van der Waals surface area contributed by atoms with E-state index in [1.807, 2.05) is 0 Å². The molecule has 0 aromatic heterocycles. The minimum atomic E-state index is -0.693. The summed E-state index contributed by atoms with van der Waals surface area (Å²) in [5, 5.41) is 21.2. The highest BCUT2D eigenvalue weighted by molar-refractivity contribution is 5.70. The molecule has 2 aliphatic rings. The van der Waals surface area contributed by atoms with Crippen LogP contribution in [0.4, 0.5) is 0 Å². The Morgan fingerprint density at radius 1 is 1.35 bits per heavy atom. The Morgan fingerprint density at radius 3 is 2.71 bits per heavy atom. The van der Waals surface area contributed by atoms with Gasteiger partial charge in [-0.25, -0.2) is 0 Å². The molecule has 2 unspecified atom stereocenters. The largest absolute Gasteiger partial charge is 0.481 e. The Balaban J connectivity index is 1.86. The van der Waals surface area contributed by atoms with Crippen molar-refractivity contribution in [2.45, 2.75) is 25.3 Å². The third-order valence-electron chi connectivity index (χ3n) is 3.63. The molecule has 1 heterocycles. The molecule has 2 rings (SSSR count). The number of likely N-dealkylation sites (tertiary alicyclic amines) is 1. The predicted octanol–water partition coefficient (Wildman–Crippen LogP) is -0.247. The first kappa shape index (κ1) is 12.8. The third kappa shape index (κ3) is 3.94.